The van der Waals surface area contributed by atoms with Crippen LogP contribution in [0.2, 0.25) is 0 Å². The number of carbonyl (C=O) groups excluding carboxylic acids is 1. The smallest absolute Gasteiger partial charge is 0.168 e. The molecule has 0 bridgehead atoms. The third-order valence-corrected chi connectivity index (χ3v) is 3.07. The summed E-state index contributed by atoms with van der Waals surface area (Å²) in [5.41, 5.74) is 0.419. The molecule has 2 nitrogen and oxygen atoms in total. The highest BCUT2D eigenvalue weighted by Gasteiger charge is 2.22. The van der Waals surface area contributed by atoms with Crippen molar-refractivity contribution in [1.29, 1.82) is 0 Å². The van der Waals surface area contributed by atoms with E-state index in [0.717, 1.165) is 22.1 Å². The zero-order valence-electron chi connectivity index (χ0n) is 12.0. The third-order valence-electron chi connectivity index (χ3n) is 3.07. The first kappa shape index (κ1) is 13.6. The predicted molar refractivity (Wildman–Crippen MR) is 78.9 cm³/mol. The molecule has 2 aromatic carbocycles. The van der Waals surface area contributed by atoms with Gasteiger partial charge in [0.2, 0.25) is 0 Å². The fourth-order valence-electron chi connectivity index (χ4n) is 2.05. The normalized spacial score (nSPS) is 11.6. The van der Waals surface area contributed by atoms with Gasteiger partial charge in [-0.2, -0.15) is 0 Å². The third kappa shape index (κ3) is 2.95. The number of benzene rings is 2. The van der Waals surface area contributed by atoms with Gasteiger partial charge >= 0.3 is 0 Å². The summed E-state index contributed by atoms with van der Waals surface area (Å²) in [6, 6.07) is 11.8. The molecule has 100 valence electrons. The lowest BCUT2D eigenvalue weighted by Crippen LogP contribution is -2.19. The molecule has 0 atom stereocenters. The maximum Gasteiger partial charge on any atom is 0.168 e. The summed E-state index contributed by atoms with van der Waals surface area (Å²) in [6.07, 6.45) is 0. The summed E-state index contributed by atoms with van der Waals surface area (Å²) in [4.78, 5) is 12.3. The molecule has 0 aliphatic carbocycles. The summed E-state index contributed by atoms with van der Waals surface area (Å²) in [6.45, 7) is 8.45. The quantitative estimate of drug-likeness (QED) is 0.757. The van der Waals surface area contributed by atoms with Crippen LogP contribution in [0, 0.1) is 5.41 Å². The second kappa shape index (κ2) is 5.04. The molecular weight excluding hydrogens is 236 g/mol. The van der Waals surface area contributed by atoms with E-state index in [1.54, 1.807) is 0 Å². The molecule has 0 aliphatic heterocycles. The van der Waals surface area contributed by atoms with Gasteiger partial charge in [0.05, 0.1) is 6.61 Å². The van der Waals surface area contributed by atoms with Crippen LogP contribution in [0.25, 0.3) is 10.8 Å². The minimum absolute atomic E-state index is 0.170. The van der Waals surface area contributed by atoms with Crippen LogP contribution in [0.15, 0.2) is 36.4 Å². The van der Waals surface area contributed by atoms with Gasteiger partial charge in [-0.05, 0) is 35.9 Å². The average Bonchev–Trinajstić information content (AvgIpc) is 2.36. The number of rotatable bonds is 3. The first-order valence-corrected chi connectivity index (χ1v) is 6.63. The van der Waals surface area contributed by atoms with Crippen molar-refractivity contribution in [3.63, 3.8) is 0 Å². The Bertz CT molecular complexity index is 606. The molecule has 0 spiro atoms. The minimum Gasteiger partial charge on any atom is -0.494 e. The van der Waals surface area contributed by atoms with Gasteiger partial charge in [-0.3, -0.25) is 4.79 Å². The van der Waals surface area contributed by atoms with E-state index in [1.807, 2.05) is 64.1 Å². The van der Waals surface area contributed by atoms with Crippen molar-refractivity contribution in [2.24, 2.45) is 5.41 Å². The number of Topliss-reactive ketones (excluding diaryl/α,β-unsaturated/α-hetero) is 1. The molecule has 0 N–H and O–H groups in total. The Morgan fingerprint density at radius 3 is 2.32 bits per heavy atom. The van der Waals surface area contributed by atoms with Crippen LogP contribution >= 0.6 is 0 Å². The Hall–Kier alpha value is -1.83. The number of hydrogen-bond donors (Lipinski definition) is 0. The molecule has 0 aliphatic rings. The largest absolute Gasteiger partial charge is 0.494 e. The van der Waals surface area contributed by atoms with Gasteiger partial charge in [-0.25, -0.2) is 0 Å². The highest BCUT2D eigenvalue weighted by Crippen LogP contribution is 2.26. The minimum atomic E-state index is -0.348. The van der Waals surface area contributed by atoms with E-state index in [4.69, 9.17) is 4.74 Å². The van der Waals surface area contributed by atoms with E-state index in [1.165, 1.54) is 0 Å². The van der Waals surface area contributed by atoms with Gasteiger partial charge in [-0.15, -0.1) is 0 Å². The number of fused-ring (bicyclic) bond motifs is 1. The number of carbonyl (C=O) groups is 1. The predicted octanol–water partition coefficient (Wildman–Crippen LogP) is 4.47. The zero-order chi connectivity index (χ0) is 14.0. The second-order valence-electron chi connectivity index (χ2n) is 5.74. The summed E-state index contributed by atoms with van der Waals surface area (Å²) < 4.78 is 5.48. The van der Waals surface area contributed by atoms with Gasteiger partial charge in [0.25, 0.3) is 0 Å². The Balaban J connectivity index is 2.42. The average molecular weight is 256 g/mol. The maximum absolute atomic E-state index is 12.3. The van der Waals surface area contributed by atoms with Crippen LogP contribution < -0.4 is 4.74 Å². The first-order chi connectivity index (χ1) is 8.91. The Morgan fingerprint density at radius 1 is 1.05 bits per heavy atom. The van der Waals surface area contributed by atoms with E-state index >= 15 is 0 Å². The molecule has 0 saturated heterocycles. The van der Waals surface area contributed by atoms with Gasteiger partial charge in [-0.1, -0.05) is 39.0 Å². The number of ether oxygens (including phenoxy) is 1. The molecule has 0 fully saturated rings. The van der Waals surface area contributed by atoms with Crippen LogP contribution in [-0.4, -0.2) is 12.4 Å². The molecule has 0 saturated carbocycles. The van der Waals surface area contributed by atoms with Crippen molar-refractivity contribution >= 4 is 16.6 Å². The summed E-state index contributed by atoms with van der Waals surface area (Å²) in [7, 11) is 0. The Labute approximate surface area is 114 Å². The molecule has 0 unspecified atom stereocenters. The summed E-state index contributed by atoms with van der Waals surface area (Å²) >= 11 is 0. The fourth-order valence-corrected chi connectivity index (χ4v) is 2.05. The lowest BCUT2D eigenvalue weighted by Gasteiger charge is -2.17. The number of hydrogen-bond acceptors (Lipinski definition) is 2. The molecule has 0 heterocycles. The molecule has 2 rings (SSSR count). The van der Waals surface area contributed by atoms with E-state index in [0.29, 0.717) is 6.61 Å². The van der Waals surface area contributed by atoms with Crippen LogP contribution in [-0.2, 0) is 0 Å². The Morgan fingerprint density at radius 2 is 1.68 bits per heavy atom. The molecule has 19 heavy (non-hydrogen) atoms. The summed E-state index contributed by atoms with van der Waals surface area (Å²) in [5.74, 6) is 1.04. The standard InChI is InChI=1S/C17H20O2/c1-5-19-15-9-8-12-10-14(7-6-13(12)11-15)16(18)17(2,3)4/h6-11H,5H2,1-4H3. The van der Waals surface area contributed by atoms with E-state index in [9.17, 15) is 4.79 Å². The first-order valence-electron chi connectivity index (χ1n) is 6.63. The van der Waals surface area contributed by atoms with Gasteiger partial charge in [0.15, 0.2) is 5.78 Å². The van der Waals surface area contributed by atoms with Crippen LogP contribution in [0.1, 0.15) is 38.1 Å². The summed E-state index contributed by atoms with van der Waals surface area (Å²) in [5, 5.41) is 2.16. The van der Waals surface area contributed by atoms with Crippen LogP contribution in [0.4, 0.5) is 0 Å². The van der Waals surface area contributed by atoms with Crippen molar-refractivity contribution in [3.05, 3.63) is 42.0 Å². The molecular formula is C17H20O2. The van der Waals surface area contributed by atoms with Crippen molar-refractivity contribution in [1.82, 2.24) is 0 Å². The molecule has 2 aromatic rings. The second-order valence-corrected chi connectivity index (χ2v) is 5.74. The van der Waals surface area contributed by atoms with Crippen LogP contribution in [0.3, 0.4) is 0 Å². The highest BCUT2D eigenvalue weighted by molar-refractivity contribution is 6.02. The fraction of sp³-hybridized carbons (Fsp3) is 0.353. The lowest BCUT2D eigenvalue weighted by atomic mass is 9.86. The van der Waals surface area contributed by atoms with E-state index in [-0.39, 0.29) is 11.2 Å². The van der Waals surface area contributed by atoms with Gasteiger partial charge < -0.3 is 4.74 Å². The monoisotopic (exact) mass is 256 g/mol. The maximum atomic E-state index is 12.3. The molecule has 0 amide bonds. The Kier molecular flexibility index (Phi) is 3.61. The van der Waals surface area contributed by atoms with Crippen molar-refractivity contribution < 1.29 is 9.53 Å². The molecule has 0 aromatic heterocycles. The van der Waals surface area contributed by atoms with E-state index in [2.05, 4.69) is 0 Å². The SMILES string of the molecule is CCOc1ccc2cc(C(=O)C(C)(C)C)ccc2c1. The lowest BCUT2D eigenvalue weighted by molar-refractivity contribution is 0.0858. The molecule has 2 heteroatoms. The topological polar surface area (TPSA) is 26.3 Å². The highest BCUT2D eigenvalue weighted by atomic mass is 16.5. The van der Waals surface area contributed by atoms with Gasteiger partial charge in [0, 0.05) is 11.0 Å². The molecule has 0 radical (unpaired) electrons. The number of ketones is 1. The van der Waals surface area contributed by atoms with Crippen LogP contribution in [0.5, 0.6) is 5.75 Å². The van der Waals surface area contributed by atoms with Gasteiger partial charge in [0.1, 0.15) is 5.75 Å². The van der Waals surface area contributed by atoms with Crippen molar-refractivity contribution in [2.75, 3.05) is 6.61 Å². The zero-order valence-corrected chi connectivity index (χ0v) is 12.0. The van der Waals surface area contributed by atoms with Crippen molar-refractivity contribution in [2.45, 2.75) is 27.7 Å². The van der Waals surface area contributed by atoms with Crippen molar-refractivity contribution in [3.8, 4) is 5.75 Å². The van der Waals surface area contributed by atoms with E-state index < -0.39 is 0 Å².